The van der Waals surface area contributed by atoms with Gasteiger partial charge in [-0.1, -0.05) is 12.1 Å². The van der Waals surface area contributed by atoms with E-state index in [-0.39, 0.29) is 0 Å². The Hall–Kier alpha value is -0.840. The van der Waals surface area contributed by atoms with Gasteiger partial charge in [0.25, 0.3) is 0 Å². The second-order valence-electron chi connectivity index (χ2n) is 4.35. The maximum atomic E-state index is 5.27. The second kappa shape index (κ2) is 7.08. The van der Waals surface area contributed by atoms with Crippen molar-refractivity contribution >= 4 is 27.3 Å². The fourth-order valence-electron chi connectivity index (χ4n) is 2.12. The van der Waals surface area contributed by atoms with Crippen molar-refractivity contribution in [2.75, 3.05) is 14.2 Å². The summed E-state index contributed by atoms with van der Waals surface area (Å²) in [6.07, 6.45) is 2.20. The molecule has 19 heavy (non-hydrogen) atoms. The van der Waals surface area contributed by atoms with Crippen molar-refractivity contribution in [2.24, 2.45) is 0 Å². The molecule has 1 aromatic carbocycles. The molecule has 2 nitrogen and oxygen atoms in total. The van der Waals surface area contributed by atoms with E-state index in [1.165, 1.54) is 10.4 Å². The van der Waals surface area contributed by atoms with Crippen LogP contribution in [0.2, 0.25) is 0 Å². The van der Waals surface area contributed by atoms with Crippen LogP contribution in [0.3, 0.4) is 0 Å². The molecule has 2 rings (SSSR count). The summed E-state index contributed by atoms with van der Waals surface area (Å²) in [6, 6.07) is 10.9. The number of hydrogen-bond donors (Lipinski definition) is 1. The van der Waals surface area contributed by atoms with Gasteiger partial charge in [0, 0.05) is 10.9 Å². The molecule has 0 saturated heterocycles. The third-order valence-corrected chi connectivity index (χ3v) is 4.74. The number of hydrogen-bond acceptors (Lipinski definition) is 3. The van der Waals surface area contributed by atoms with Crippen LogP contribution in [0.15, 0.2) is 40.2 Å². The molecular formula is C15H18BrNOS. The number of nitrogens with one attached hydrogen (secondary N) is 1. The molecule has 102 valence electrons. The summed E-state index contributed by atoms with van der Waals surface area (Å²) in [5, 5.41) is 5.52. The number of thiophene rings is 1. The second-order valence-corrected chi connectivity index (χ2v) is 6.24. The van der Waals surface area contributed by atoms with Crippen LogP contribution in [0.25, 0.3) is 0 Å². The van der Waals surface area contributed by atoms with E-state index in [9.17, 15) is 0 Å². The normalized spacial score (nSPS) is 12.4. The van der Waals surface area contributed by atoms with Crippen molar-refractivity contribution in [3.8, 4) is 5.75 Å². The van der Waals surface area contributed by atoms with Crippen molar-refractivity contribution in [1.82, 2.24) is 5.32 Å². The minimum absolute atomic E-state index is 0.365. The van der Waals surface area contributed by atoms with Gasteiger partial charge < -0.3 is 10.1 Å². The summed E-state index contributed by atoms with van der Waals surface area (Å²) >= 11 is 5.37. The van der Waals surface area contributed by atoms with Gasteiger partial charge in [-0.2, -0.15) is 0 Å². The molecule has 0 aliphatic heterocycles. The fourth-order valence-corrected chi connectivity index (χ4v) is 3.40. The van der Waals surface area contributed by atoms with Crippen LogP contribution in [0.4, 0.5) is 0 Å². The lowest BCUT2D eigenvalue weighted by Gasteiger charge is -2.17. The third kappa shape index (κ3) is 3.81. The minimum Gasteiger partial charge on any atom is -0.496 e. The fraction of sp³-hybridized carbons (Fsp3) is 0.333. The Labute approximate surface area is 126 Å². The average molecular weight is 340 g/mol. The summed E-state index contributed by atoms with van der Waals surface area (Å²) in [5.74, 6) is 0.872. The first-order chi connectivity index (χ1) is 9.24. The van der Waals surface area contributed by atoms with E-state index in [2.05, 4.69) is 50.9 Å². The quantitative estimate of drug-likeness (QED) is 0.841. The Morgan fingerprint density at radius 1 is 1.37 bits per heavy atom. The molecule has 0 spiro atoms. The van der Waals surface area contributed by atoms with Gasteiger partial charge in [0.15, 0.2) is 0 Å². The van der Waals surface area contributed by atoms with Crippen molar-refractivity contribution in [3.63, 3.8) is 0 Å². The molecule has 0 aliphatic rings. The molecule has 1 unspecified atom stereocenters. The number of benzene rings is 1. The first kappa shape index (κ1) is 14.6. The number of rotatable bonds is 6. The van der Waals surface area contributed by atoms with Gasteiger partial charge >= 0.3 is 0 Å². The molecule has 4 heteroatoms. The average Bonchev–Trinajstić information content (AvgIpc) is 2.93. The van der Waals surface area contributed by atoms with E-state index in [0.717, 1.165) is 23.1 Å². The van der Waals surface area contributed by atoms with Crippen molar-refractivity contribution in [1.29, 1.82) is 0 Å². The van der Waals surface area contributed by atoms with Gasteiger partial charge in [-0.05, 0) is 65.0 Å². The van der Waals surface area contributed by atoms with Crippen molar-refractivity contribution in [2.45, 2.75) is 18.9 Å². The Kier molecular flexibility index (Phi) is 5.43. The highest BCUT2D eigenvalue weighted by Crippen LogP contribution is 2.29. The zero-order valence-corrected chi connectivity index (χ0v) is 13.6. The predicted molar refractivity (Wildman–Crippen MR) is 85.1 cm³/mol. The van der Waals surface area contributed by atoms with E-state index in [1.807, 2.05) is 24.5 Å². The molecule has 1 atom stereocenters. The van der Waals surface area contributed by atoms with Gasteiger partial charge in [-0.15, -0.1) is 11.3 Å². The van der Waals surface area contributed by atoms with E-state index in [1.54, 1.807) is 7.11 Å². The highest BCUT2D eigenvalue weighted by atomic mass is 79.9. The Bertz CT molecular complexity index is 513. The van der Waals surface area contributed by atoms with Gasteiger partial charge in [0.05, 0.1) is 11.6 Å². The minimum atomic E-state index is 0.365. The lowest BCUT2D eigenvalue weighted by molar-refractivity contribution is 0.411. The first-order valence-electron chi connectivity index (χ1n) is 6.27. The molecular weight excluding hydrogens is 322 g/mol. The van der Waals surface area contributed by atoms with Gasteiger partial charge in [0.1, 0.15) is 5.75 Å². The Balaban J connectivity index is 2.06. The zero-order chi connectivity index (χ0) is 13.7. The predicted octanol–water partition coefficient (Wildman–Crippen LogP) is 4.41. The lowest BCUT2D eigenvalue weighted by atomic mass is 10.0. The Morgan fingerprint density at radius 2 is 2.21 bits per heavy atom. The number of ether oxygens (including phenoxy) is 1. The summed E-state index contributed by atoms with van der Waals surface area (Å²) in [5.41, 5.74) is 1.28. The van der Waals surface area contributed by atoms with E-state index in [4.69, 9.17) is 4.74 Å². The largest absolute Gasteiger partial charge is 0.496 e. The summed E-state index contributed by atoms with van der Waals surface area (Å²) in [4.78, 5) is 1.44. The van der Waals surface area contributed by atoms with Gasteiger partial charge in [0.2, 0.25) is 0 Å². The van der Waals surface area contributed by atoms with E-state index < -0.39 is 0 Å². The molecule has 0 aliphatic carbocycles. The maximum absolute atomic E-state index is 5.27. The highest BCUT2D eigenvalue weighted by molar-refractivity contribution is 9.10. The summed E-state index contributed by atoms with van der Waals surface area (Å²) < 4.78 is 6.27. The van der Waals surface area contributed by atoms with Crippen LogP contribution in [0, 0.1) is 0 Å². The van der Waals surface area contributed by atoms with Crippen LogP contribution >= 0.6 is 27.3 Å². The molecule has 0 amide bonds. The Morgan fingerprint density at radius 3 is 2.79 bits per heavy atom. The van der Waals surface area contributed by atoms with E-state index in [0.29, 0.717) is 6.04 Å². The topological polar surface area (TPSA) is 21.3 Å². The molecule has 1 N–H and O–H groups in total. The van der Waals surface area contributed by atoms with Crippen LogP contribution in [0.1, 0.15) is 22.9 Å². The standard InChI is InChI=1S/C15H18BrNOS/c1-17-14(7-6-12-4-3-9-19-12)11-5-8-15(18-2)13(16)10-11/h3-5,8-10,14,17H,6-7H2,1-2H3. The van der Waals surface area contributed by atoms with Gasteiger partial charge in [-0.25, -0.2) is 0 Å². The highest BCUT2D eigenvalue weighted by Gasteiger charge is 2.11. The molecule has 1 heterocycles. The monoisotopic (exact) mass is 339 g/mol. The van der Waals surface area contributed by atoms with Crippen molar-refractivity contribution in [3.05, 3.63) is 50.6 Å². The molecule has 2 aromatic rings. The SMILES string of the molecule is CNC(CCc1cccs1)c1ccc(OC)c(Br)c1. The van der Waals surface area contributed by atoms with Crippen molar-refractivity contribution < 1.29 is 4.74 Å². The molecule has 0 radical (unpaired) electrons. The lowest BCUT2D eigenvalue weighted by Crippen LogP contribution is -2.17. The summed E-state index contributed by atoms with van der Waals surface area (Å²) in [6.45, 7) is 0. The molecule has 0 bridgehead atoms. The summed E-state index contributed by atoms with van der Waals surface area (Å²) in [7, 11) is 3.70. The van der Waals surface area contributed by atoms with E-state index >= 15 is 0 Å². The maximum Gasteiger partial charge on any atom is 0.133 e. The first-order valence-corrected chi connectivity index (χ1v) is 7.95. The molecule has 0 fully saturated rings. The number of halogens is 1. The zero-order valence-electron chi connectivity index (χ0n) is 11.2. The molecule has 1 aromatic heterocycles. The molecule has 0 saturated carbocycles. The van der Waals surface area contributed by atoms with Gasteiger partial charge in [-0.3, -0.25) is 0 Å². The number of methoxy groups -OCH3 is 1. The van der Waals surface area contributed by atoms with Crippen LogP contribution < -0.4 is 10.1 Å². The van der Waals surface area contributed by atoms with Crippen LogP contribution in [-0.4, -0.2) is 14.2 Å². The third-order valence-electron chi connectivity index (χ3n) is 3.19. The number of aryl methyl sites for hydroxylation is 1. The smallest absolute Gasteiger partial charge is 0.133 e. The van der Waals surface area contributed by atoms with Crippen LogP contribution in [-0.2, 0) is 6.42 Å². The van der Waals surface area contributed by atoms with Crippen LogP contribution in [0.5, 0.6) is 5.75 Å².